The van der Waals surface area contributed by atoms with E-state index in [4.69, 9.17) is 14.2 Å². The topological polar surface area (TPSA) is 119 Å². The van der Waals surface area contributed by atoms with E-state index in [9.17, 15) is 24.6 Å². The summed E-state index contributed by atoms with van der Waals surface area (Å²) in [6.45, 7) is 5.19. The van der Waals surface area contributed by atoms with Gasteiger partial charge in [-0.25, -0.2) is 4.79 Å². The highest BCUT2D eigenvalue weighted by molar-refractivity contribution is 5.94. The van der Waals surface area contributed by atoms with Crippen LogP contribution in [0.1, 0.15) is 33.6 Å². The van der Waals surface area contributed by atoms with Crippen molar-refractivity contribution in [3.63, 3.8) is 0 Å². The Balaban J connectivity index is 2.05. The molecule has 126 valence electrons. The summed E-state index contributed by atoms with van der Waals surface area (Å²) in [6, 6.07) is 0. The van der Waals surface area contributed by atoms with E-state index in [1.54, 1.807) is 20.8 Å². The summed E-state index contributed by atoms with van der Waals surface area (Å²) in [7, 11) is 0. The van der Waals surface area contributed by atoms with Crippen LogP contribution in [0.5, 0.6) is 0 Å². The number of aliphatic hydroxyl groups is 2. The fourth-order valence-electron chi connectivity index (χ4n) is 5.15. The van der Waals surface area contributed by atoms with Crippen molar-refractivity contribution < 1.29 is 38.8 Å². The predicted octanol–water partition coefficient (Wildman–Crippen LogP) is -0.744. The molecule has 2 unspecified atom stereocenters. The average Bonchev–Trinajstić information content (AvgIpc) is 3.00. The Bertz CT molecular complexity index is 650. The van der Waals surface area contributed by atoms with Gasteiger partial charge in [0.25, 0.3) is 6.29 Å². The van der Waals surface area contributed by atoms with Gasteiger partial charge in [-0.2, -0.15) is 0 Å². The minimum Gasteiger partial charge on any atom is -0.461 e. The van der Waals surface area contributed by atoms with Gasteiger partial charge in [0.05, 0.1) is 12.0 Å². The van der Waals surface area contributed by atoms with Crippen molar-refractivity contribution in [1.29, 1.82) is 0 Å². The number of ether oxygens (including phenoxy) is 3. The van der Waals surface area contributed by atoms with E-state index < -0.39 is 58.3 Å². The molecular weight excluding hydrogens is 308 g/mol. The molecule has 0 amide bonds. The molecule has 1 aliphatic carbocycles. The number of carbonyl (C=O) groups is 3. The molecule has 6 atom stereocenters. The summed E-state index contributed by atoms with van der Waals surface area (Å²) >= 11 is 0. The third kappa shape index (κ3) is 1.20. The van der Waals surface area contributed by atoms with E-state index in [1.165, 1.54) is 0 Å². The van der Waals surface area contributed by atoms with Crippen LogP contribution in [0, 0.1) is 16.2 Å². The van der Waals surface area contributed by atoms with Crippen LogP contribution in [0.25, 0.3) is 0 Å². The summed E-state index contributed by atoms with van der Waals surface area (Å²) in [5, 5.41) is 22.2. The first-order valence-electron chi connectivity index (χ1n) is 7.54. The van der Waals surface area contributed by atoms with Crippen LogP contribution in [-0.4, -0.2) is 52.2 Å². The fourth-order valence-corrected chi connectivity index (χ4v) is 5.15. The number of hydrogen-bond donors (Lipinski definition) is 2. The second-order valence-electron chi connectivity index (χ2n) is 7.89. The highest BCUT2D eigenvalue weighted by atomic mass is 16.7. The van der Waals surface area contributed by atoms with Crippen LogP contribution < -0.4 is 0 Å². The molecule has 3 saturated heterocycles. The first-order chi connectivity index (χ1) is 10.5. The maximum atomic E-state index is 12.6. The second-order valence-corrected chi connectivity index (χ2v) is 7.89. The lowest BCUT2D eigenvalue weighted by Crippen LogP contribution is -2.65. The van der Waals surface area contributed by atoms with Gasteiger partial charge < -0.3 is 24.4 Å². The Morgan fingerprint density at radius 1 is 1.13 bits per heavy atom. The lowest BCUT2D eigenvalue weighted by molar-refractivity contribution is -0.224. The largest absolute Gasteiger partial charge is 0.461 e. The Morgan fingerprint density at radius 2 is 1.78 bits per heavy atom. The third-order valence-electron chi connectivity index (χ3n) is 6.22. The van der Waals surface area contributed by atoms with Crippen molar-refractivity contribution in [2.45, 2.75) is 57.7 Å². The summed E-state index contributed by atoms with van der Waals surface area (Å²) in [5.74, 6) is -2.36. The Hall–Kier alpha value is -1.67. The first kappa shape index (κ1) is 14.9. The fraction of sp³-hybridized carbons (Fsp3) is 0.800. The van der Waals surface area contributed by atoms with Gasteiger partial charge in [0, 0.05) is 6.42 Å². The van der Waals surface area contributed by atoms with Gasteiger partial charge in [-0.05, 0) is 5.41 Å². The van der Waals surface area contributed by atoms with Crippen LogP contribution in [-0.2, 0) is 28.6 Å². The second kappa shape index (κ2) is 3.70. The molecule has 2 spiro atoms. The normalized spacial score (nSPS) is 51.0. The molecule has 4 fully saturated rings. The first-order valence-corrected chi connectivity index (χ1v) is 7.54. The van der Waals surface area contributed by atoms with E-state index >= 15 is 0 Å². The van der Waals surface area contributed by atoms with Gasteiger partial charge >= 0.3 is 17.9 Å². The van der Waals surface area contributed by atoms with E-state index in [1.807, 2.05) is 0 Å². The van der Waals surface area contributed by atoms with Gasteiger partial charge in [-0.1, -0.05) is 20.8 Å². The summed E-state index contributed by atoms with van der Waals surface area (Å²) in [5.41, 5.74) is -5.91. The molecule has 8 heteroatoms. The third-order valence-corrected chi connectivity index (χ3v) is 6.22. The van der Waals surface area contributed by atoms with Gasteiger partial charge in [-0.3, -0.25) is 9.59 Å². The minimum atomic E-state index is -1.78. The van der Waals surface area contributed by atoms with Gasteiger partial charge in [0.15, 0.2) is 6.10 Å². The molecule has 8 nitrogen and oxygen atoms in total. The SMILES string of the molecule is CC(C)(C)[C@]1(O)C[C@@H]2OC(=O)C[C@@]23C(=O)O[C@@H]2OC(=O)C(O)C213. The highest BCUT2D eigenvalue weighted by Gasteiger charge is 2.92. The zero-order chi connectivity index (χ0) is 17.0. The monoisotopic (exact) mass is 326 g/mol. The van der Waals surface area contributed by atoms with Crippen LogP contribution in [0.15, 0.2) is 0 Å². The Kier molecular flexibility index (Phi) is 2.39. The number of hydrogen-bond acceptors (Lipinski definition) is 8. The molecule has 0 aromatic heterocycles. The quantitative estimate of drug-likeness (QED) is 0.558. The van der Waals surface area contributed by atoms with E-state index in [0.717, 1.165) is 0 Å². The Labute approximate surface area is 131 Å². The molecule has 4 aliphatic rings. The molecule has 2 N–H and O–H groups in total. The maximum absolute atomic E-state index is 12.6. The predicted molar refractivity (Wildman–Crippen MR) is 70.4 cm³/mol. The molecule has 23 heavy (non-hydrogen) atoms. The van der Waals surface area contributed by atoms with Crippen molar-refractivity contribution >= 4 is 17.9 Å². The van der Waals surface area contributed by atoms with Gasteiger partial charge in [0.2, 0.25) is 0 Å². The minimum absolute atomic E-state index is 0.0679. The molecule has 0 radical (unpaired) electrons. The molecular formula is C15H18O8. The van der Waals surface area contributed by atoms with Gasteiger partial charge in [0.1, 0.15) is 16.9 Å². The van der Waals surface area contributed by atoms with Crippen molar-refractivity contribution in [2.75, 3.05) is 0 Å². The van der Waals surface area contributed by atoms with Crippen LogP contribution in [0.4, 0.5) is 0 Å². The van der Waals surface area contributed by atoms with Crippen molar-refractivity contribution in [3.8, 4) is 0 Å². The Morgan fingerprint density at radius 3 is 2.39 bits per heavy atom. The molecule has 0 bridgehead atoms. The molecule has 3 heterocycles. The zero-order valence-corrected chi connectivity index (χ0v) is 13.0. The standard InChI is InChI=1S/C15H18O8/c1-12(2,3)14(20)4-6-13(5-7(16)21-6)10(19)23-11-15(13,14)8(17)9(18)22-11/h6,8,11,17,20H,4-5H2,1-3H3/t6-,8?,11-,13-,14+,15?/m0/s1. The molecule has 3 aliphatic heterocycles. The van der Waals surface area contributed by atoms with E-state index in [-0.39, 0.29) is 12.8 Å². The van der Waals surface area contributed by atoms with Crippen molar-refractivity contribution in [1.82, 2.24) is 0 Å². The zero-order valence-electron chi connectivity index (χ0n) is 13.0. The number of carbonyl (C=O) groups excluding carboxylic acids is 3. The number of rotatable bonds is 0. The van der Waals surface area contributed by atoms with Crippen LogP contribution in [0.3, 0.4) is 0 Å². The molecule has 0 aromatic rings. The van der Waals surface area contributed by atoms with Crippen molar-refractivity contribution in [3.05, 3.63) is 0 Å². The van der Waals surface area contributed by atoms with Crippen LogP contribution >= 0.6 is 0 Å². The highest BCUT2D eigenvalue weighted by Crippen LogP contribution is 2.75. The van der Waals surface area contributed by atoms with E-state index in [0.29, 0.717) is 0 Å². The van der Waals surface area contributed by atoms with Crippen LogP contribution in [0.2, 0.25) is 0 Å². The van der Waals surface area contributed by atoms with Crippen molar-refractivity contribution in [2.24, 2.45) is 16.2 Å². The maximum Gasteiger partial charge on any atom is 0.339 e. The molecule has 1 saturated carbocycles. The average molecular weight is 326 g/mol. The number of esters is 3. The molecule has 4 rings (SSSR count). The van der Waals surface area contributed by atoms with Gasteiger partial charge in [-0.15, -0.1) is 0 Å². The summed E-state index contributed by atoms with van der Waals surface area (Å²) < 4.78 is 15.5. The summed E-state index contributed by atoms with van der Waals surface area (Å²) in [4.78, 5) is 36.5. The lowest BCUT2D eigenvalue weighted by Gasteiger charge is -2.49. The lowest BCUT2D eigenvalue weighted by atomic mass is 9.52. The smallest absolute Gasteiger partial charge is 0.339 e. The molecule has 0 aromatic carbocycles. The number of aliphatic hydroxyl groups excluding tert-OH is 1. The van der Waals surface area contributed by atoms with E-state index in [2.05, 4.69) is 0 Å². The summed E-state index contributed by atoms with van der Waals surface area (Å²) in [6.07, 6.45) is -4.58.